The average molecular weight is 220 g/mol. The molecule has 0 aliphatic rings. The van der Waals surface area contributed by atoms with Crippen LogP contribution in [-0.4, -0.2) is 24.3 Å². The lowest BCUT2D eigenvalue weighted by Gasteiger charge is -2.22. The summed E-state index contributed by atoms with van der Waals surface area (Å²) in [6, 6.07) is 5.33. The van der Waals surface area contributed by atoms with Gasteiger partial charge in [-0.15, -0.1) is 0 Å². The van der Waals surface area contributed by atoms with Gasteiger partial charge in [-0.3, -0.25) is 0 Å². The van der Waals surface area contributed by atoms with Crippen LogP contribution < -0.4 is 4.74 Å². The van der Waals surface area contributed by atoms with Crippen molar-refractivity contribution in [1.82, 2.24) is 4.98 Å². The van der Waals surface area contributed by atoms with Gasteiger partial charge in [-0.2, -0.15) is 5.26 Å². The summed E-state index contributed by atoms with van der Waals surface area (Å²) in [5.74, 6) is 0.672. The van der Waals surface area contributed by atoms with Gasteiger partial charge in [-0.25, -0.2) is 4.98 Å². The van der Waals surface area contributed by atoms with Crippen molar-refractivity contribution in [3.8, 4) is 11.8 Å². The molecular weight excluding hydrogens is 204 g/mol. The second-order valence-corrected chi connectivity index (χ2v) is 4.05. The van der Waals surface area contributed by atoms with Crippen LogP contribution in [0.15, 0.2) is 18.3 Å². The maximum absolute atomic E-state index is 8.57. The minimum atomic E-state index is -0.181. The van der Waals surface area contributed by atoms with Crippen molar-refractivity contribution >= 4 is 0 Å². The molecule has 86 valence electrons. The van der Waals surface area contributed by atoms with E-state index in [-0.39, 0.29) is 5.60 Å². The third kappa shape index (κ3) is 3.87. The predicted octanol–water partition coefficient (Wildman–Crippen LogP) is 2.15. The van der Waals surface area contributed by atoms with Gasteiger partial charge in [0.25, 0.3) is 0 Å². The molecule has 0 aliphatic carbocycles. The van der Waals surface area contributed by atoms with E-state index in [1.807, 2.05) is 19.9 Å². The van der Waals surface area contributed by atoms with Crippen molar-refractivity contribution < 1.29 is 9.47 Å². The lowest BCUT2D eigenvalue weighted by atomic mass is 10.1. The lowest BCUT2D eigenvalue weighted by molar-refractivity contribution is 0.00543. The predicted molar refractivity (Wildman–Crippen MR) is 60.2 cm³/mol. The van der Waals surface area contributed by atoms with Gasteiger partial charge in [0.2, 0.25) is 0 Å². The molecule has 0 saturated heterocycles. The van der Waals surface area contributed by atoms with Gasteiger partial charge in [0.15, 0.2) is 0 Å². The third-order valence-electron chi connectivity index (χ3n) is 2.38. The number of aromatic nitrogens is 1. The van der Waals surface area contributed by atoms with Crippen molar-refractivity contribution in [1.29, 1.82) is 5.26 Å². The molecule has 0 spiro atoms. The van der Waals surface area contributed by atoms with E-state index in [1.165, 1.54) is 0 Å². The minimum absolute atomic E-state index is 0.181. The van der Waals surface area contributed by atoms with Crippen molar-refractivity contribution in [2.45, 2.75) is 25.9 Å². The quantitative estimate of drug-likeness (QED) is 0.763. The molecular formula is C12H16N2O2. The highest BCUT2D eigenvalue weighted by Crippen LogP contribution is 2.15. The Kier molecular flexibility index (Phi) is 4.27. The Morgan fingerprint density at radius 3 is 2.69 bits per heavy atom. The van der Waals surface area contributed by atoms with Crippen LogP contribution >= 0.6 is 0 Å². The summed E-state index contributed by atoms with van der Waals surface area (Å²) in [6.45, 7) is 4.58. The van der Waals surface area contributed by atoms with Crippen molar-refractivity contribution in [2.75, 3.05) is 13.7 Å². The fourth-order valence-corrected chi connectivity index (χ4v) is 1.05. The normalized spacial score (nSPS) is 10.9. The average Bonchev–Trinajstić information content (AvgIpc) is 2.30. The fourth-order valence-electron chi connectivity index (χ4n) is 1.05. The van der Waals surface area contributed by atoms with E-state index < -0.39 is 0 Å². The lowest BCUT2D eigenvalue weighted by Crippen LogP contribution is -2.25. The molecule has 4 heteroatoms. The molecule has 0 fully saturated rings. The maximum atomic E-state index is 8.57. The molecule has 0 aliphatic heterocycles. The molecule has 0 N–H and O–H groups in total. The summed E-state index contributed by atoms with van der Waals surface area (Å²) >= 11 is 0. The largest absolute Gasteiger partial charge is 0.492 e. The topological polar surface area (TPSA) is 55.1 Å². The summed E-state index contributed by atoms with van der Waals surface area (Å²) in [5.41, 5.74) is 0.213. The maximum Gasteiger partial charge on any atom is 0.140 e. The van der Waals surface area contributed by atoms with Crippen molar-refractivity contribution in [3.63, 3.8) is 0 Å². The Labute approximate surface area is 95.8 Å². The van der Waals surface area contributed by atoms with Gasteiger partial charge >= 0.3 is 0 Å². The van der Waals surface area contributed by atoms with Gasteiger partial charge in [-0.05, 0) is 26.0 Å². The summed E-state index contributed by atoms with van der Waals surface area (Å²) < 4.78 is 10.8. The molecule has 0 bridgehead atoms. The number of methoxy groups -OCH3 is 1. The Balaban J connectivity index is 2.41. The first-order chi connectivity index (χ1) is 7.57. The van der Waals surface area contributed by atoms with Gasteiger partial charge in [0.1, 0.15) is 17.5 Å². The molecule has 1 aromatic heterocycles. The van der Waals surface area contributed by atoms with Crippen LogP contribution in [0.4, 0.5) is 0 Å². The summed E-state index contributed by atoms with van der Waals surface area (Å²) in [5, 5.41) is 8.57. The van der Waals surface area contributed by atoms with Crippen LogP contribution in [0.1, 0.15) is 26.0 Å². The van der Waals surface area contributed by atoms with Gasteiger partial charge in [0, 0.05) is 13.5 Å². The molecule has 0 saturated carbocycles. The van der Waals surface area contributed by atoms with E-state index in [1.54, 1.807) is 25.4 Å². The second-order valence-electron chi connectivity index (χ2n) is 4.05. The molecule has 1 aromatic rings. The first kappa shape index (κ1) is 12.5. The first-order valence-corrected chi connectivity index (χ1v) is 5.11. The Morgan fingerprint density at radius 2 is 2.19 bits per heavy atom. The van der Waals surface area contributed by atoms with Crippen LogP contribution in [0.25, 0.3) is 0 Å². The Bertz CT molecular complexity index is 366. The highest BCUT2D eigenvalue weighted by molar-refractivity contribution is 5.26. The smallest absolute Gasteiger partial charge is 0.140 e. The van der Waals surface area contributed by atoms with Crippen LogP contribution in [0.5, 0.6) is 5.75 Å². The Morgan fingerprint density at radius 1 is 1.44 bits per heavy atom. The highest BCUT2D eigenvalue weighted by atomic mass is 16.5. The van der Waals surface area contributed by atoms with Crippen molar-refractivity contribution in [3.05, 3.63) is 24.0 Å². The fraction of sp³-hybridized carbons (Fsp3) is 0.500. The second kappa shape index (κ2) is 5.47. The van der Waals surface area contributed by atoms with E-state index in [0.29, 0.717) is 18.1 Å². The molecule has 1 rings (SSSR count). The standard InChI is InChI=1S/C12H16N2O2/c1-12(2,15-3)6-7-16-11-5-4-10(8-13)14-9-11/h4-5,9H,6-7H2,1-3H3. The molecule has 0 radical (unpaired) electrons. The molecule has 0 unspecified atom stereocenters. The van der Waals surface area contributed by atoms with Crippen LogP contribution in [0, 0.1) is 11.3 Å². The van der Waals surface area contributed by atoms with E-state index in [0.717, 1.165) is 6.42 Å². The molecule has 0 aromatic carbocycles. The van der Waals surface area contributed by atoms with Gasteiger partial charge in [-0.1, -0.05) is 0 Å². The number of nitrogens with zero attached hydrogens (tertiary/aromatic N) is 2. The van der Waals surface area contributed by atoms with Crippen LogP contribution in [0.2, 0.25) is 0 Å². The van der Waals surface area contributed by atoms with E-state index >= 15 is 0 Å². The minimum Gasteiger partial charge on any atom is -0.492 e. The van der Waals surface area contributed by atoms with E-state index in [9.17, 15) is 0 Å². The zero-order valence-corrected chi connectivity index (χ0v) is 9.86. The molecule has 1 heterocycles. The number of pyridine rings is 1. The van der Waals surface area contributed by atoms with Crippen molar-refractivity contribution in [2.24, 2.45) is 0 Å². The van der Waals surface area contributed by atoms with Gasteiger partial charge < -0.3 is 9.47 Å². The highest BCUT2D eigenvalue weighted by Gasteiger charge is 2.15. The van der Waals surface area contributed by atoms with E-state index in [4.69, 9.17) is 14.7 Å². The number of hydrogen-bond acceptors (Lipinski definition) is 4. The SMILES string of the molecule is COC(C)(C)CCOc1ccc(C#N)nc1. The Hall–Kier alpha value is -1.60. The van der Waals surface area contributed by atoms with Crippen LogP contribution in [-0.2, 0) is 4.74 Å². The molecule has 4 nitrogen and oxygen atoms in total. The number of rotatable bonds is 5. The molecule has 0 amide bonds. The number of ether oxygens (including phenoxy) is 2. The number of nitriles is 1. The zero-order chi connectivity index (χ0) is 12.0. The summed E-state index contributed by atoms with van der Waals surface area (Å²) in [4.78, 5) is 3.92. The number of hydrogen-bond donors (Lipinski definition) is 0. The van der Waals surface area contributed by atoms with Crippen LogP contribution in [0.3, 0.4) is 0 Å². The molecule has 16 heavy (non-hydrogen) atoms. The van der Waals surface area contributed by atoms with E-state index in [2.05, 4.69) is 4.98 Å². The van der Waals surface area contributed by atoms with Gasteiger partial charge in [0.05, 0.1) is 18.4 Å². The first-order valence-electron chi connectivity index (χ1n) is 5.11. The third-order valence-corrected chi connectivity index (χ3v) is 2.38. The molecule has 0 atom stereocenters. The summed E-state index contributed by atoms with van der Waals surface area (Å²) in [7, 11) is 1.68. The zero-order valence-electron chi connectivity index (χ0n) is 9.86. The monoisotopic (exact) mass is 220 g/mol. The summed E-state index contributed by atoms with van der Waals surface area (Å²) in [6.07, 6.45) is 2.35.